The highest BCUT2D eigenvalue weighted by Gasteiger charge is 2.38. The molecule has 0 bridgehead atoms. The standard InChI is InChI=1S/C12H15NO3/c1-2-8-12(9-14,11(13)15)16-10-6-4-3-5-7-10/h3-7,9H,2,8H2,1H3,(H2,13,15). The Balaban J connectivity index is 2.94. The normalized spacial score (nSPS) is 13.8. The Labute approximate surface area is 94.4 Å². The number of carbonyl (C=O) groups is 2. The zero-order chi connectivity index (χ0) is 12.0. The smallest absolute Gasteiger partial charge is 0.269 e. The molecule has 1 unspecified atom stereocenters. The number of hydrogen-bond donors (Lipinski definition) is 1. The number of rotatable bonds is 6. The highest BCUT2D eigenvalue weighted by atomic mass is 16.5. The molecule has 0 aliphatic carbocycles. The highest BCUT2D eigenvalue weighted by Crippen LogP contribution is 2.20. The van der Waals surface area contributed by atoms with Gasteiger partial charge in [0.15, 0.2) is 6.29 Å². The maximum Gasteiger partial charge on any atom is 0.269 e. The third-order valence-corrected chi connectivity index (χ3v) is 2.27. The van der Waals surface area contributed by atoms with Crippen molar-refractivity contribution >= 4 is 12.2 Å². The fraction of sp³-hybridized carbons (Fsp3) is 0.333. The van der Waals surface area contributed by atoms with Gasteiger partial charge in [-0.2, -0.15) is 0 Å². The van der Waals surface area contributed by atoms with Crippen LogP contribution >= 0.6 is 0 Å². The van der Waals surface area contributed by atoms with Crippen molar-refractivity contribution < 1.29 is 14.3 Å². The summed E-state index contributed by atoms with van der Waals surface area (Å²) in [5.41, 5.74) is 3.68. The van der Waals surface area contributed by atoms with Crippen LogP contribution in [0, 0.1) is 0 Å². The van der Waals surface area contributed by atoms with Crippen molar-refractivity contribution in [1.82, 2.24) is 0 Å². The first-order chi connectivity index (χ1) is 7.64. The monoisotopic (exact) mass is 221 g/mol. The second-order valence-corrected chi connectivity index (χ2v) is 3.54. The quantitative estimate of drug-likeness (QED) is 0.581. The van der Waals surface area contributed by atoms with E-state index < -0.39 is 11.5 Å². The van der Waals surface area contributed by atoms with E-state index in [1.807, 2.05) is 13.0 Å². The first-order valence-corrected chi connectivity index (χ1v) is 5.15. The van der Waals surface area contributed by atoms with Crippen molar-refractivity contribution in [3.05, 3.63) is 30.3 Å². The summed E-state index contributed by atoms with van der Waals surface area (Å²) in [6.45, 7) is 1.86. The van der Waals surface area contributed by atoms with Crippen LogP contribution in [0.15, 0.2) is 30.3 Å². The molecule has 0 aromatic heterocycles. The minimum absolute atomic E-state index is 0.278. The molecule has 0 spiro atoms. The van der Waals surface area contributed by atoms with Crippen LogP contribution in [0.4, 0.5) is 0 Å². The van der Waals surface area contributed by atoms with Crippen LogP contribution in [0.2, 0.25) is 0 Å². The summed E-state index contributed by atoms with van der Waals surface area (Å²) >= 11 is 0. The van der Waals surface area contributed by atoms with Gasteiger partial charge in [0.25, 0.3) is 5.91 Å². The summed E-state index contributed by atoms with van der Waals surface area (Å²) in [6, 6.07) is 8.70. The summed E-state index contributed by atoms with van der Waals surface area (Å²) < 4.78 is 5.41. The maximum atomic E-state index is 11.3. The number of nitrogens with two attached hydrogens (primary N) is 1. The zero-order valence-corrected chi connectivity index (χ0v) is 9.18. The van der Waals surface area contributed by atoms with E-state index in [0.717, 1.165) is 0 Å². The molecule has 1 rings (SSSR count). The van der Waals surface area contributed by atoms with Gasteiger partial charge >= 0.3 is 0 Å². The fourth-order valence-electron chi connectivity index (χ4n) is 1.44. The first kappa shape index (κ1) is 12.2. The number of carbonyl (C=O) groups excluding carboxylic acids is 2. The third-order valence-electron chi connectivity index (χ3n) is 2.27. The van der Waals surface area contributed by atoms with Gasteiger partial charge in [0.05, 0.1) is 0 Å². The lowest BCUT2D eigenvalue weighted by Gasteiger charge is -2.25. The van der Waals surface area contributed by atoms with Crippen molar-refractivity contribution in [2.45, 2.75) is 25.4 Å². The number of primary amides is 1. The van der Waals surface area contributed by atoms with E-state index in [9.17, 15) is 9.59 Å². The Kier molecular flexibility index (Phi) is 4.05. The first-order valence-electron chi connectivity index (χ1n) is 5.15. The molecule has 4 heteroatoms. The van der Waals surface area contributed by atoms with Gasteiger partial charge in [-0.15, -0.1) is 0 Å². The van der Waals surface area contributed by atoms with Gasteiger partial charge in [-0.25, -0.2) is 0 Å². The second-order valence-electron chi connectivity index (χ2n) is 3.54. The fourth-order valence-corrected chi connectivity index (χ4v) is 1.44. The molecule has 0 saturated heterocycles. The topological polar surface area (TPSA) is 69.4 Å². The predicted molar refractivity (Wildman–Crippen MR) is 60.0 cm³/mol. The highest BCUT2D eigenvalue weighted by molar-refractivity contribution is 5.99. The van der Waals surface area contributed by atoms with Crippen LogP contribution < -0.4 is 10.5 Å². The molecule has 1 aromatic carbocycles. The molecule has 0 fully saturated rings. The molecule has 0 heterocycles. The molecule has 0 saturated carbocycles. The average molecular weight is 221 g/mol. The molecule has 86 valence electrons. The van der Waals surface area contributed by atoms with Gasteiger partial charge in [-0.05, 0) is 12.1 Å². The van der Waals surface area contributed by atoms with Crippen LogP contribution in [0.25, 0.3) is 0 Å². The average Bonchev–Trinajstić information content (AvgIpc) is 2.29. The maximum absolute atomic E-state index is 11.3. The van der Waals surface area contributed by atoms with Crippen LogP contribution in [-0.2, 0) is 9.59 Å². The van der Waals surface area contributed by atoms with Gasteiger partial charge in [-0.1, -0.05) is 31.5 Å². The molecular weight excluding hydrogens is 206 g/mol. The minimum atomic E-state index is -1.55. The molecule has 0 radical (unpaired) electrons. The van der Waals surface area contributed by atoms with Gasteiger partial charge in [0.1, 0.15) is 5.75 Å². The molecule has 1 amide bonds. The summed E-state index contributed by atoms with van der Waals surface area (Å²) in [5.74, 6) is -0.296. The molecule has 1 aromatic rings. The summed E-state index contributed by atoms with van der Waals surface area (Å²) in [6.07, 6.45) is 1.39. The second kappa shape index (κ2) is 5.30. The lowest BCUT2D eigenvalue weighted by Crippen LogP contribution is -2.50. The van der Waals surface area contributed by atoms with E-state index in [1.165, 1.54) is 0 Å². The number of amides is 1. The summed E-state index contributed by atoms with van der Waals surface area (Å²) in [5, 5.41) is 0. The molecular formula is C12H15NO3. The van der Waals surface area contributed by atoms with Gasteiger partial charge < -0.3 is 10.5 Å². The SMILES string of the molecule is CCCC(C=O)(Oc1ccccc1)C(N)=O. The van der Waals surface area contributed by atoms with Crippen molar-refractivity contribution in [3.8, 4) is 5.75 Å². The van der Waals surface area contributed by atoms with Crippen molar-refractivity contribution in [1.29, 1.82) is 0 Å². The van der Waals surface area contributed by atoms with Crippen molar-refractivity contribution in [3.63, 3.8) is 0 Å². The largest absolute Gasteiger partial charge is 0.470 e. The molecule has 4 nitrogen and oxygen atoms in total. The zero-order valence-electron chi connectivity index (χ0n) is 9.18. The third kappa shape index (κ3) is 2.59. The van der Waals surface area contributed by atoms with Crippen LogP contribution in [0.5, 0.6) is 5.75 Å². The summed E-state index contributed by atoms with van der Waals surface area (Å²) in [7, 11) is 0. The van der Waals surface area contributed by atoms with E-state index in [2.05, 4.69) is 0 Å². The lowest BCUT2D eigenvalue weighted by atomic mass is 9.99. The number of ether oxygens (including phenoxy) is 1. The number of aldehydes is 1. The van der Waals surface area contributed by atoms with E-state index >= 15 is 0 Å². The van der Waals surface area contributed by atoms with Crippen molar-refractivity contribution in [2.75, 3.05) is 0 Å². The van der Waals surface area contributed by atoms with Gasteiger partial charge in [0, 0.05) is 6.42 Å². The molecule has 0 aliphatic heterocycles. The Morgan fingerprint density at radius 2 is 2.06 bits per heavy atom. The molecule has 16 heavy (non-hydrogen) atoms. The predicted octanol–water partition coefficient (Wildman–Crippen LogP) is 1.29. The number of benzene rings is 1. The Morgan fingerprint density at radius 3 is 2.50 bits per heavy atom. The Morgan fingerprint density at radius 1 is 1.44 bits per heavy atom. The van der Waals surface area contributed by atoms with Crippen LogP contribution in [0.3, 0.4) is 0 Å². The molecule has 0 aliphatic rings. The van der Waals surface area contributed by atoms with E-state index in [4.69, 9.17) is 10.5 Å². The number of hydrogen-bond acceptors (Lipinski definition) is 3. The lowest BCUT2D eigenvalue weighted by molar-refractivity contribution is -0.140. The van der Waals surface area contributed by atoms with E-state index in [0.29, 0.717) is 18.5 Å². The van der Waals surface area contributed by atoms with Crippen LogP contribution in [0.1, 0.15) is 19.8 Å². The van der Waals surface area contributed by atoms with E-state index in [-0.39, 0.29) is 6.42 Å². The Hall–Kier alpha value is -1.84. The summed E-state index contributed by atoms with van der Waals surface area (Å²) in [4.78, 5) is 22.3. The number of para-hydroxylation sites is 1. The van der Waals surface area contributed by atoms with Gasteiger partial charge in [0.2, 0.25) is 5.60 Å². The van der Waals surface area contributed by atoms with E-state index in [1.54, 1.807) is 24.3 Å². The Bertz CT molecular complexity index is 364. The molecule has 1 atom stereocenters. The van der Waals surface area contributed by atoms with Gasteiger partial charge in [-0.3, -0.25) is 9.59 Å². The van der Waals surface area contributed by atoms with Crippen molar-refractivity contribution in [2.24, 2.45) is 5.73 Å². The van der Waals surface area contributed by atoms with Crippen LogP contribution in [-0.4, -0.2) is 17.8 Å². The minimum Gasteiger partial charge on any atom is -0.470 e. The molecule has 2 N–H and O–H groups in total.